The third kappa shape index (κ3) is 8.02. The molecule has 4 unspecified atom stereocenters. The molecule has 16 nitrogen and oxygen atoms in total. The molecular formula is C18H31NO15S2. The third-order valence-corrected chi connectivity index (χ3v) is 6.74. The quantitative estimate of drug-likeness (QED) is 0.146. The summed E-state index contributed by atoms with van der Waals surface area (Å²) < 4.78 is 88.4. The lowest BCUT2D eigenvalue weighted by Crippen LogP contribution is -2.66. The largest absolute Gasteiger partial charge is 0.481 e. The lowest BCUT2D eigenvalue weighted by Gasteiger charge is -2.48. The molecule has 0 aromatic carbocycles. The van der Waals surface area contributed by atoms with Crippen molar-refractivity contribution in [2.24, 2.45) is 5.92 Å². The van der Waals surface area contributed by atoms with Crippen LogP contribution in [0.1, 0.15) is 20.3 Å². The van der Waals surface area contributed by atoms with Crippen molar-refractivity contribution in [1.29, 1.82) is 0 Å². The first-order valence-corrected chi connectivity index (χ1v) is 13.3. The van der Waals surface area contributed by atoms with Crippen LogP contribution >= 0.6 is 0 Å². The molecule has 0 aromatic rings. The summed E-state index contributed by atoms with van der Waals surface area (Å²) in [5, 5.41) is 34.1. The molecule has 0 radical (unpaired) electrons. The zero-order valence-electron chi connectivity index (χ0n) is 19.5. The number of carbonyl (C=O) groups is 1. The highest BCUT2D eigenvalue weighted by Crippen LogP contribution is 2.35. The molecule has 2 aliphatic rings. The van der Waals surface area contributed by atoms with Gasteiger partial charge in [-0.3, -0.25) is 13.9 Å². The average molecular weight is 566 g/mol. The minimum atomic E-state index is -5.17. The number of ether oxygens (including phenoxy) is 3. The maximum absolute atomic E-state index is 11.8. The van der Waals surface area contributed by atoms with Crippen LogP contribution in [0.4, 0.5) is 0 Å². The lowest BCUT2D eigenvalue weighted by molar-refractivity contribution is -0.242. The fourth-order valence-corrected chi connectivity index (χ4v) is 5.20. The predicted octanol–water partition coefficient (Wildman–Crippen LogP) is -2.13. The van der Waals surface area contributed by atoms with Gasteiger partial charge in [-0.15, -0.1) is 0 Å². The van der Waals surface area contributed by atoms with E-state index in [-0.39, 0.29) is 0 Å². The molecule has 2 fully saturated rings. The third-order valence-electron chi connectivity index (χ3n) is 5.84. The summed E-state index contributed by atoms with van der Waals surface area (Å²) in [7, 11) is -8.97. The zero-order valence-corrected chi connectivity index (χ0v) is 21.2. The SMILES string of the molecule is C=C(C)NC1[C@H](C)OC(COS(=O)(=O)O)[C@@H](O)[C@@H]1O[C@@H]1CC(C(=O)O)[C@@H](OC)[C@H](O)C1OS(=O)(=O)O. The van der Waals surface area contributed by atoms with Crippen LogP contribution in [0.5, 0.6) is 0 Å². The monoisotopic (exact) mass is 565 g/mol. The van der Waals surface area contributed by atoms with E-state index in [2.05, 4.69) is 20.3 Å². The Labute approximate surface area is 208 Å². The van der Waals surface area contributed by atoms with Gasteiger partial charge in [0, 0.05) is 12.8 Å². The van der Waals surface area contributed by atoms with Gasteiger partial charge in [0.25, 0.3) is 0 Å². The van der Waals surface area contributed by atoms with Gasteiger partial charge in [-0.05, 0) is 20.3 Å². The molecule has 1 aliphatic carbocycles. The van der Waals surface area contributed by atoms with E-state index in [1.165, 1.54) is 6.92 Å². The first kappa shape index (κ1) is 30.8. The maximum atomic E-state index is 11.8. The molecule has 6 N–H and O–H groups in total. The van der Waals surface area contributed by atoms with Crippen LogP contribution in [0, 0.1) is 5.92 Å². The van der Waals surface area contributed by atoms with Gasteiger partial charge in [-0.1, -0.05) is 6.58 Å². The molecule has 1 heterocycles. The van der Waals surface area contributed by atoms with Crippen LogP contribution in [0.15, 0.2) is 12.3 Å². The second-order valence-corrected chi connectivity index (χ2v) is 10.7. The van der Waals surface area contributed by atoms with Crippen LogP contribution in [-0.2, 0) is 48.2 Å². The van der Waals surface area contributed by atoms with E-state index in [9.17, 15) is 41.5 Å². The number of aliphatic hydroxyl groups is 2. The Morgan fingerprint density at radius 1 is 1.08 bits per heavy atom. The number of nitrogens with one attached hydrogen (secondary N) is 1. The van der Waals surface area contributed by atoms with Crippen molar-refractivity contribution in [3.8, 4) is 0 Å². The van der Waals surface area contributed by atoms with Crippen molar-refractivity contribution in [3.05, 3.63) is 12.3 Å². The minimum Gasteiger partial charge on any atom is -0.481 e. The van der Waals surface area contributed by atoms with Crippen LogP contribution in [0.2, 0.25) is 0 Å². The standard InChI is InChI=1S/C18H31NO15S2/c1-7(2)19-12-8(3)32-11(6-31-35(24,25)26)13(20)17(12)33-10-5-9(18(22)23)15(30-4)14(21)16(10)34-36(27,28)29/h8-17,19-21H,1,5-6H2,2-4H3,(H,22,23)(H,24,25,26)(H,27,28,29)/t8-,9?,10+,11?,12?,13+,14-,15+,16?,17+/m0/s1. The fraction of sp³-hybridized carbons (Fsp3) is 0.833. The number of aliphatic carboxylic acids is 1. The molecule has 2 rings (SSSR count). The number of rotatable bonds is 11. The topological polar surface area (TPSA) is 245 Å². The number of methoxy groups -OCH3 is 1. The molecule has 0 bridgehead atoms. The van der Waals surface area contributed by atoms with E-state index in [4.69, 9.17) is 18.8 Å². The van der Waals surface area contributed by atoms with Crippen LogP contribution in [-0.4, -0.2) is 116 Å². The lowest BCUT2D eigenvalue weighted by atomic mass is 9.80. The minimum absolute atomic E-state index is 0.390. The van der Waals surface area contributed by atoms with E-state index < -0.39 is 101 Å². The van der Waals surface area contributed by atoms with Gasteiger partial charge in [0.05, 0.1) is 36.9 Å². The van der Waals surface area contributed by atoms with E-state index in [0.717, 1.165) is 7.11 Å². The number of allylic oxidation sites excluding steroid dienone is 1. The van der Waals surface area contributed by atoms with Crippen molar-refractivity contribution in [1.82, 2.24) is 5.32 Å². The second kappa shape index (κ2) is 11.9. The molecule has 1 aliphatic heterocycles. The Kier molecular flexibility index (Phi) is 10.2. The Balaban J connectivity index is 2.44. The molecule has 0 spiro atoms. The molecule has 1 saturated carbocycles. The van der Waals surface area contributed by atoms with Crippen molar-refractivity contribution in [2.45, 2.75) is 75.1 Å². The fourth-order valence-electron chi connectivity index (χ4n) is 4.37. The molecule has 10 atom stereocenters. The van der Waals surface area contributed by atoms with Gasteiger partial charge in [0.2, 0.25) is 0 Å². The molecular weight excluding hydrogens is 534 g/mol. The van der Waals surface area contributed by atoms with Gasteiger partial charge >= 0.3 is 26.8 Å². The molecule has 0 aromatic heterocycles. The van der Waals surface area contributed by atoms with E-state index in [1.807, 2.05) is 0 Å². The number of carboxylic acids is 1. The smallest absolute Gasteiger partial charge is 0.397 e. The number of hydrogen-bond acceptors (Lipinski definition) is 13. The Morgan fingerprint density at radius 3 is 2.17 bits per heavy atom. The first-order chi connectivity index (χ1) is 16.4. The van der Waals surface area contributed by atoms with E-state index in [0.29, 0.717) is 5.70 Å². The van der Waals surface area contributed by atoms with E-state index >= 15 is 0 Å². The van der Waals surface area contributed by atoms with Crippen molar-refractivity contribution in [2.75, 3.05) is 13.7 Å². The Hall–Kier alpha value is -1.45. The van der Waals surface area contributed by atoms with Crippen LogP contribution in [0.25, 0.3) is 0 Å². The van der Waals surface area contributed by atoms with Gasteiger partial charge in [-0.25, -0.2) is 8.37 Å². The molecule has 36 heavy (non-hydrogen) atoms. The van der Waals surface area contributed by atoms with Crippen LogP contribution < -0.4 is 5.32 Å². The highest BCUT2D eigenvalue weighted by Gasteiger charge is 2.53. The number of carboxylic acid groups (broad SMARTS) is 1. The summed E-state index contributed by atoms with van der Waals surface area (Å²) in [6.07, 6.45) is -12.5. The van der Waals surface area contributed by atoms with Gasteiger partial charge in [0.15, 0.2) is 0 Å². The zero-order chi connectivity index (χ0) is 27.6. The average Bonchev–Trinajstić information content (AvgIpc) is 2.72. The molecule has 0 amide bonds. The van der Waals surface area contributed by atoms with Gasteiger partial charge in [-0.2, -0.15) is 16.8 Å². The van der Waals surface area contributed by atoms with Crippen molar-refractivity contribution in [3.63, 3.8) is 0 Å². The summed E-state index contributed by atoms with van der Waals surface area (Å²) in [6.45, 7) is 5.96. The van der Waals surface area contributed by atoms with Gasteiger partial charge < -0.3 is 34.8 Å². The highest BCUT2D eigenvalue weighted by atomic mass is 32.3. The second-order valence-electron chi connectivity index (χ2n) is 8.53. The normalized spacial score (nSPS) is 37.9. The molecule has 18 heteroatoms. The first-order valence-electron chi connectivity index (χ1n) is 10.6. The van der Waals surface area contributed by atoms with Crippen LogP contribution in [0.3, 0.4) is 0 Å². The summed E-state index contributed by atoms with van der Waals surface area (Å²) >= 11 is 0. The Bertz CT molecular complexity index is 1000. The Morgan fingerprint density at radius 2 is 1.69 bits per heavy atom. The number of aliphatic hydroxyl groups excluding tert-OH is 2. The van der Waals surface area contributed by atoms with Crippen molar-refractivity contribution < 1.29 is 68.6 Å². The molecule has 210 valence electrons. The maximum Gasteiger partial charge on any atom is 0.397 e. The summed E-state index contributed by atoms with van der Waals surface area (Å²) in [5.74, 6) is -2.81. The molecule has 1 saturated heterocycles. The van der Waals surface area contributed by atoms with Crippen molar-refractivity contribution >= 4 is 26.8 Å². The highest BCUT2D eigenvalue weighted by molar-refractivity contribution is 7.81. The van der Waals surface area contributed by atoms with E-state index in [1.54, 1.807) is 6.92 Å². The number of hydrogen-bond donors (Lipinski definition) is 6. The summed E-state index contributed by atoms with van der Waals surface area (Å²) in [5.41, 5.74) is 0.390. The summed E-state index contributed by atoms with van der Waals surface area (Å²) in [4.78, 5) is 11.8. The predicted molar refractivity (Wildman–Crippen MR) is 117 cm³/mol. The van der Waals surface area contributed by atoms with Gasteiger partial charge in [0.1, 0.15) is 30.5 Å². The summed E-state index contributed by atoms with van der Waals surface area (Å²) in [6, 6.07) is -0.911.